The van der Waals surface area contributed by atoms with Crippen LogP contribution in [0.3, 0.4) is 0 Å². The third-order valence-electron chi connectivity index (χ3n) is 2.43. The Bertz CT molecular complexity index is 574. The quantitative estimate of drug-likeness (QED) is 0.776. The molecule has 0 heterocycles. The smallest absolute Gasteiger partial charge is 0.261 e. The summed E-state index contributed by atoms with van der Waals surface area (Å²) in [7, 11) is 4.42. The molecule has 0 aliphatic rings. The summed E-state index contributed by atoms with van der Waals surface area (Å²) < 4.78 is 27.3. The Morgan fingerprint density at radius 1 is 1.42 bits per heavy atom. The molecule has 0 saturated heterocycles. The minimum Gasteiger partial charge on any atom is -0.383 e. The number of methoxy groups -OCH3 is 1. The van der Waals surface area contributed by atoms with E-state index in [4.69, 9.17) is 27.0 Å². The van der Waals surface area contributed by atoms with Crippen LogP contribution in [0.15, 0.2) is 23.1 Å². The normalized spacial score (nSPS) is 11.4. The number of amides is 1. The van der Waals surface area contributed by atoms with Crippen LogP contribution in [-0.2, 0) is 13.8 Å². The maximum atomic E-state index is 12.1. The van der Waals surface area contributed by atoms with E-state index in [1.54, 1.807) is 7.05 Å². The average Bonchev–Trinajstić information content (AvgIpc) is 2.34. The fourth-order valence-corrected chi connectivity index (χ4v) is 2.33. The zero-order chi connectivity index (χ0) is 14.6. The Labute approximate surface area is 121 Å². The van der Waals surface area contributed by atoms with E-state index in [0.29, 0.717) is 13.2 Å². The Hall–Kier alpha value is -0.820. The van der Waals surface area contributed by atoms with Gasteiger partial charge in [0.05, 0.1) is 22.1 Å². The Balaban J connectivity index is 3.09. The summed E-state index contributed by atoms with van der Waals surface area (Å²) in [5.41, 5.74) is 0.0852. The van der Waals surface area contributed by atoms with Gasteiger partial charge in [-0.25, -0.2) is 8.42 Å². The van der Waals surface area contributed by atoms with Gasteiger partial charge in [0.2, 0.25) is 0 Å². The van der Waals surface area contributed by atoms with Gasteiger partial charge in [-0.1, -0.05) is 11.6 Å². The molecule has 0 radical (unpaired) electrons. The van der Waals surface area contributed by atoms with Crippen molar-refractivity contribution in [1.29, 1.82) is 0 Å². The molecule has 19 heavy (non-hydrogen) atoms. The molecular weight excluding hydrogens is 313 g/mol. The molecule has 5 nitrogen and oxygen atoms in total. The van der Waals surface area contributed by atoms with E-state index in [1.165, 1.54) is 24.1 Å². The molecule has 0 spiro atoms. The molecule has 0 aliphatic carbocycles. The summed E-state index contributed by atoms with van der Waals surface area (Å²) >= 11 is 5.90. The summed E-state index contributed by atoms with van der Waals surface area (Å²) in [6.07, 6.45) is 0. The van der Waals surface area contributed by atoms with E-state index in [-0.39, 0.29) is 15.5 Å². The lowest BCUT2D eigenvalue weighted by Gasteiger charge is -2.17. The van der Waals surface area contributed by atoms with E-state index in [2.05, 4.69) is 0 Å². The van der Waals surface area contributed by atoms with Crippen LogP contribution in [0.2, 0.25) is 5.02 Å². The zero-order valence-electron chi connectivity index (χ0n) is 10.4. The van der Waals surface area contributed by atoms with Gasteiger partial charge in [-0.2, -0.15) is 0 Å². The zero-order valence-corrected chi connectivity index (χ0v) is 12.7. The maximum Gasteiger partial charge on any atom is 0.261 e. The molecule has 0 saturated carbocycles. The number of hydrogen-bond acceptors (Lipinski definition) is 4. The third kappa shape index (κ3) is 4.35. The van der Waals surface area contributed by atoms with E-state index in [9.17, 15) is 13.2 Å². The van der Waals surface area contributed by atoms with Crippen LogP contribution in [-0.4, -0.2) is 46.5 Å². The molecule has 1 aromatic rings. The fraction of sp³-hybridized carbons (Fsp3) is 0.364. The monoisotopic (exact) mass is 325 g/mol. The summed E-state index contributed by atoms with van der Waals surface area (Å²) in [5, 5.41) is 0.165. The molecule has 1 amide bonds. The van der Waals surface area contributed by atoms with Crippen molar-refractivity contribution in [1.82, 2.24) is 4.90 Å². The second-order valence-electron chi connectivity index (χ2n) is 3.80. The molecule has 106 valence electrons. The maximum absolute atomic E-state index is 12.1. The summed E-state index contributed by atoms with van der Waals surface area (Å²) in [6, 6.07) is 3.74. The number of carbonyl (C=O) groups excluding carboxylic acids is 1. The summed E-state index contributed by atoms with van der Waals surface area (Å²) in [5.74, 6) is -0.399. The number of hydrogen-bond donors (Lipinski definition) is 0. The molecule has 8 heteroatoms. The predicted molar refractivity (Wildman–Crippen MR) is 73.3 cm³/mol. The van der Waals surface area contributed by atoms with Crippen LogP contribution in [0.4, 0.5) is 0 Å². The van der Waals surface area contributed by atoms with Gasteiger partial charge in [0.25, 0.3) is 15.0 Å². The van der Waals surface area contributed by atoms with Crippen LogP contribution < -0.4 is 0 Å². The first kappa shape index (κ1) is 16.2. The largest absolute Gasteiger partial charge is 0.383 e. The molecule has 0 bridgehead atoms. The average molecular weight is 326 g/mol. The van der Waals surface area contributed by atoms with E-state index >= 15 is 0 Å². The molecule has 0 unspecified atom stereocenters. The van der Waals surface area contributed by atoms with Gasteiger partial charge in [0.1, 0.15) is 0 Å². The highest BCUT2D eigenvalue weighted by Gasteiger charge is 2.19. The molecule has 0 N–H and O–H groups in total. The standard InChI is InChI=1S/C11H13Cl2NO4S/c1-14(5-6-18-2)11(15)9-7-8(19(13,16)17)3-4-10(9)12/h3-4,7H,5-6H2,1-2H3. The third-order valence-corrected chi connectivity index (χ3v) is 4.11. The number of ether oxygens (including phenoxy) is 1. The van der Waals surface area contributed by atoms with Gasteiger partial charge in [-0.3, -0.25) is 4.79 Å². The van der Waals surface area contributed by atoms with Crippen LogP contribution in [0.25, 0.3) is 0 Å². The lowest BCUT2D eigenvalue weighted by Crippen LogP contribution is -2.30. The van der Waals surface area contributed by atoms with Gasteiger partial charge in [-0.15, -0.1) is 0 Å². The SMILES string of the molecule is COCCN(C)C(=O)c1cc(S(=O)(=O)Cl)ccc1Cl. The lowest BCUT2D eigenvalue weighted by molar-refractivity contribution is 0.0744. The number of nitrogens with zero attached hydrogens (tertiary/aromatic N) is 1. The summed E-state index contributed by atoms with van der Waals surface area (Å²) in [6.45, 7) is 0.733. The van der Waals surface area contributed by atoms with E-state index in [1.807, 2.05) is 0 Å². The van der Waals surface area contributed by atoms with Crippen LogP contribution in [0.1, 0.15) is 10.4 Å². The molecule has 0 aromatic heterocycles. The van der Waals surface area contributed by atoms with Gasteiger partial charge in [0.15, 0.2) is 0 Å². The highest BCUT2D eigenvalue weighted by Crippen LogP contribution is 2.23. The van der Waals surface area contributed by atoms with Crippen molar-refractivity contribution < 1.29 is 17.9 Å². The van der Waals surface area contributed by atoms with Crippen molar-refractivity contribution in [3.05, 3.63) is 28.8 Å². The molecule has 0 fully saturated rings. The first-order chi connectivity index (χ1) is 8.77. The molecule has 1 rings (SSSR count). The van der Waals surface area contributed by atoms with Gasteiger partial charge >= 0.3 is 0 Å². The molecule has 1 aromatic carbocycles. The van der Waals surface area contributed by atoms with Gasteiger partial charge < -0.3 is 9.64 Å². The first-order valence-corrected chi connectivity index (χ1v) is 7.94. The minimum absolute atomic E-state index is 0.0852. The van der Waals surface area contributed by atoms with Crippen LogP contribution in [0, 0.1) is 0 Å². The van der Waals surface area contributed by atoms with Crippen molar-refractivity contribution in [2.24, 2.45) is 0 Å². The fourth-order valence-electron chi connectivity index (χ4n) is 1.36. The van der Waals surface area contributed by atoms with Crippen molar-refractivity contribution in [3.63, 3.8) is 0 Å². The van der Waals surface area contributed by atoms with Crippen molar-refractivity contribution in [2.75, 3.05) is 27.3 Å². The predicted octanol–water partition coefficient (Wildman–Crippen LogP) is 1.99. The van der Waals surface area contributed by atoms with Gasteiger partial charge in [0, 0.05) is 31.4 Å². The molecular formula is C11H13Cl2NO4S. The van der Waals surface area contributed by atoms with Crippen LogP contribution >= 0.6 is 22.3 Å². The number of likely N-dealkylation sites (N-methyl/N-ethyl adjacent to an activating group) is 1. The van der Waals surface area contributed by atoms with E-state index < -0.39 is 15.0 Å². The number of carbonyl (C=O) groups is 1. The Kier molecular flexibility index (Phi) is 5.61. The van der Waals surface area contributed by atoms with E-state index in [0.717, 1.165) is 6.07 Å². The van der Waals surface area contributed by atoms with Crippen LogP contribution in [0.5, 0.6) is 0 Å². The topological polar surface area (TPSA) is 63.7 Å². The highest BCUT2D eigenvalue weighted by molar-refractivity contribution is 8.13. The number of halogens is 2. The second kappa shape index (κ2) is 6.56. The number of benzene rings is 1. The second-order valence-corrected chi connectivity index (χ2v) is 6.77. The first-order valence-electron chi connectivity index (χ1n) is 5.26. The van der Waals surface area contributed by atoms with Crippen molar-refractivity contribution >= 4 is 37.2 Å². The minimum atomic E-state index is -3.90. The van der Waals surface area contributed by atoms with Crippen molar-refractivity contribution in [2.45, 2.75) is 4.90 Å². The summed E-state index contributed by atoms with van der Waals surface area (Å²) in [4.78, 5) is 13.3. The molecule has 0 aliphatic heterocycles. The number of rotatable bonds is 5. The van der Waals surface area contributed by atoms with Gasteiger partial charge in [-0.05, 0) is 18.2 Å². The van der Waals surface area contributed by atoms with Crippen molar-refractivity contribution in [3.8, 4) is 0 Å². The highest BCUT2D eigenvalue weighted by atomic mass is 35.7. The lowest BCUT2D eigenvalue weighted by atomic mass is 10.2. The molecule has 0 atom stereocenters. The Morgan fingerprint density at radius 2 is 2.05 bits per heavy atom. The Morgan fingerprint density at radius 3 is 2.58 bits per heavy atom.